The molecular formula is C19H27ClFN3O2. The first-order chi connectivity index (χ1) is 12.0. The van der Waals surface area contributed by atoms with Crippen molar-refractivity contribution in [3.63, 3.8) is 0 Å². The number of carbonyl (C=O) groups excluding carboxylic acids is 2. The Morgan fingerprint density at radius 3 is 2.65 bits per heavy atom. The third-order valence-corrected chi connectivity index (χ3v) is 5.32. The van der Waals surface area contributed by atoms with Gasteiger partial charge in [-0.3, -0.25) is 9.59 Å². The fourth-order valence-electron chi connectivity index (χ4n) is 3.84. The zero-order valence-corrected chi connectivity index (χ0v) is 15.8. The van der Waals surface area contributed by atoms with Crippen molar-refractivity contribution < 1.29 is 14.0 Å². The van der Waals surface area contributed by atoms with Crippen LogP contribution in [-0.4, -0.2) is 37.0 Å². The van der Waals surface area contributed by atoms with Gasteiger partial charge in [-0.05, 0) is 49.8 Å². The number of hydrogen-bond acceptors (Lipinski definition) is 3. The molecule has 7 heteroatoms. The average Bonchev–Trinajstić information content (AvgIpc) is 3.05. The Morgan fingerprint density at radius 1 is 1.19 bits per heavy atom. The number of fused-ring (bicyclic) bond motifs is 1. The number of aryl methyl sites for hydroxylation is 1. The van der Waals surface area contributed by atoms with Crippen LogP contribution in [0.4, 0.5) is 4.39 Å². The van der Waals surface area contributed by atoms with Gasteiger partial charge in [0.25, 0.3) is 5.91 Å². The largest absolute Gasteiger partial charge is 0.353 e. The van der Waals surface area contributed by atoms with Crippen LogP contribution in [0.2, 0.25) is 0 Å². The highest BCUT2D eigenvalue weighted by Gasteiger charge is 2.37. The molecule has 1 saturated heterocycles. The van der Waals surface area contributed by atoms with E-state index in [0.717, 1.165) is 12.8 Å². The lowest BCUT2D eigenvalue weighted by Gasteiger charge is -2.24. The summed E-state index contributed by atoms with van der Waals surface area (Å²) in [7, 11) is 0. The maximum absolute atomic E-state index is 13.5. The van der Waals surface area contributed by atoms with Crippen molar-refractivity contribution >= 4 is 24.2 Å². The molecule has 3 atom stereocenters. The molecule has 144 valence electrons. The third-order valence-electron chi connectivity index (χ3n) is 5.32. The Hall–Kier alpha value is -1.66. The first-order valence-electron chi connectivity index (χ1n) is 9.12. The molecule has 3 rings (SSSR count). The molecule has 26 heavy (non-hydrogen) atoms. The molecular weight excluding hydrogens is 357 g/mol. The van der Waals surface area contributed by atoms with Crippen molar-refractivity contribution in [1.29, 1.82) is 0 Å². The molecule has 0 bridgehead atoms. The van der Waals surface area contributed by atoms with Crippen molar-refractivity contribution in [3.05, 3.63) is 35.1 Å². The van der Waals surface area contributed by atoms with E-state index in [1.54, 1.807) is 19.1 Å². The smallest absolute Gasteiger partial charge is 0.251 e. The van der Waals surface area contributed by atoms with Crippen LogP contribution in [-0.2, 0) is 4.79 Å². The van der Waals surface area contributed by atoms with E-state index < -0.39 is 5.82 Å². The fraction of sp³-hybridized carbons (Fsp3) is 0.579. The normalized spacial score (nSPS) is 24.3. The van der Waals surface area contributed by atoms with E-state index in [1.165, 1.54) is 25.3 Å². The summed E-state index contributed by atoms with van der Waals surface area (Å²) < 4.78 is 13.5. The van der Waals surface area contributed by atoms with Crippen LogP contribution in [0, 0.1) is 18.7 Å². The predicted molar refractivity (Wildman–Crippen MR) is 101 cm³/mol. The fourth-order valence-corrected chi connectivity index (χ4v) is 3.84. The van der Waals surface area contributed by atoms with Crippen molar-refractivity contribution in [3.8, 4) is 0 Å². The van der Waals surface area contributed by atoms with Gasteiger partial charge in [0, 0.05) is 24.7 Å². The van der Waals surface area contributed by atoms with E-state index in [0.29, 0.717) is 30.6 Å². The van der Waals surface area contributed by atoms with Gasteiger partial charge in [-0.1, -0.05) is 18.9 Å². The van der Waals surface area contributed by atoms with E-state index in [2.05, 4.69) is 16.0 Å². The molecule has 0 aromatic heterocycles. The van der Waals surface area contributed by atoms with Crippen LogP contribution < -0.4 is 16.0 Å². The van der Waals surface area contributed by atoms with Gasteiger partial charge < -0.3 is 16.0 Å². The zero-order chi connectivity index (χ0) is 17.8. The number of carbonyl (C=O) groups is 2. The highest BCUT2D eigenvalue weighted by molar-refractivity contribution is 5.94. The van der Waals surface area contributed by atoms with Gasteiger partial charge in [0.05, 0.1) is 6.04 Å². The maximum Gasteiger partial charge on any atom is 0.251 e. The molecule has 2 fully saturated rings. The molecule has 2 aliphatic rings. The van der Waals surface area contributed by atoms with Gasteiger partial charge in [-0.15, -0.1) is 12.4 Å². The summed E-state index contributed by atoms with van der Waals surface area (Å²) in [4.78, 5) is 24.2. The van der Waals surface area contributed by atoms with Crippen LogP contribution >= 0.6 is 12.4 Å². The molecule has 5 nitrogen and oxygen atoms in total. The molecule has 0 radical (unpaired) electrons. The van der Waals surface area contributed by atoms with Crippen molar-refractivity contribution in [1.82, 2.24) is 16.0 Å². The quantitative estimate of drug-likeness (QED) is 0.683. The summed E-state index contributed by atoms with van der Waals surface area (Å²) in [6.07, 6.45) is 5.80. The minimum atomic E-state index is -0.394. The molecule has 3 unspecified atom stereocenters. The summed E-state index contributed by atoms with van der Waals surface area (Å²) in [5.74, 6) is -0.0986. The number of hydrogen-bond donors (Lipinski definition) is 3. The monoisotopic (exact) mass is 383 g/mol. The topological polar surface area (TPSA) is 70.2 Å². The lowest BCUT2D eigenvalue weighted by atomic mass is 9.85. The van der Waals surface area contributed by atoms with Crippen molar-refractivity contribution in [2.75, 3.05) is 13.1 Å². The molecule has 1 heterocycles. The Kier molecular flexibility index (Phi) is 7.41. The summed E-state index contributed by atoms with van der Waals surface area (Å²) in [5.41, 5.74) is 0.796. The van der Waals surface area contributed by atoms with E-state index >= 15 is 0 Å². The predicted octanol–water partition coefficient (Wildman–Crippen LogP) is 2.32. The highest BCUT2D eigenvalue weighted by Crippen LogP contribution is 2.33. The second-order valence-corrected chi connectivity index (χ2v) is 7.12. The lowest BCUT2D eigenvalue weighted by Crippen LogP contribution is -2.45. The zero-order valence-electron chi connectivity index (χ0n) is 15.0. The first-order valence-corrected chi connectivity index (χ1v) is 9.12. The number of amides is 2. The minimum absolute atomic E-state index is 0. The van der Waals surface area contributed by atoms with Gasteiger partial charge in [0.2, 0.25) is 5.91 Å². The summed E-state index contributed by atoms with van der Waals surface area (Å²) in [6.45, 7) is 2.34. The maximum atomic E-state index is 13.5. The molecule has 1 aromatic rings. The van der Waals surface area contributed by atoms with Gasteiger partial charge in [-0.2, -0.15) is 0 Å². The van der Waals surface area contributed by atoms with Gasteiger partial charge in [-0.25, -0.2) is 4.39 Å². The average molecular weight is 384 g/mol. The number of halogens is 2. The number of benzene rings is 1. The third kappa shape index (κ3) is 4.95. The van der Waals surface area contributed by atoms with Crippen LogP contribution in [0.5, 0.6) is 0 Å². The van der Waals surface area contributed by atoms with E-state index in [-0.39, 0.29) is 35.8 Å². The van der Waals surface area contributed by atoms with Crippen LogP contribution in [0.3, 0.4) is 0 Å². The van der Waals surface area contributed by atoms with Crippen LogP contribution in [0.1, 0.15) is 48.0 Å². The number of nitrogens with one attached hydrogen (secondary N) is 3. The molecule has 1 aliphatic heterocycles. The van der Waals surface area contributed by atoms with Crippen LogP contribution in [0.15, 0.2) is 18.2 Å². The van der Waals surface area contributed by atoms with Crippen molar-refractivity contribution in [2.24, 2.45) is 5.92 Å². The van der Waals surface area contributed by atoms with E-state index in [9.17, 15) is 14.0 Å². The Morgan fingerprint density at radius 2 is 1.92 bits per heavy atom. The van der Waals surface area contributed by atoms with Gasteiger partial charge in [0.15, 0.2) is 0 Å². The molecule has 1 saturated carbocycles. The van der Waals surface area contributed by atoms with Gasteiger partial charge >= 0.3 is 0 Å². The summed E-state index contributed by atoms with van der Waals surface area (Å²) in [6, 6.07) is 4.77. The molecule has 3 N–H and O–H groups in total. The van der Waals surface area contributed by atoms with Crippen LogP contribution in [0.25, 0.3) is 0 Å². The SMILES string of the molecule is Cc1ccc(C(=O)NCCNC(=O)C2CC3CCCCC3N2)cc1F.Cl. The van der Waals surface area contributed by atoms with Crippen molar-refractivity contribution in [2.45, 2.75) is 51.1 Å². The molecule has 1 aliphatic carbocycles. The lowest BCUT2D eigenvalue weighted by molar-refractivity contribution is -0.122. The molecule has 0 spiro atoms. The van der Waals surface area contributed by atoms with E-state index in [4.69, 9.17) is 0 Å². The highest BCUT2D eigenvalue weighted by atomic mass is 35.5. The Balaban J connectivity index is 0.00000243. The molecule has 2 amide bonds. The summed E-state index contributed by atoms with van der Waals surface area (Å²) >= 11 is 0. The number of rotatable bonds is 5. The first kappa shape index (κ1) is 20.6. The summed E-state index contributed by atoms with van der Waals surface area (Å²) in [5, 5.41) is 9.01. The Bertz CT molecular complexity index is 642. The van der Waals surface area contributed by atoms with E-state index in [1.807, 2.05) is 0 Å². The minimum Gasteiger partial charge on any atom is -0.353 e. The second kappa shape index (κ2) is 9.33. The Labute approximate surface area is 159 Å². The standard InChI is InChI=1S/C19H26FN3O2.ClH/c1-12-6-7-14(10-15(12)20)18(24)21-8-9-22-19(25)17-11-13-4-2-3-5-16(13)23-17;/h6-7,10,13,16-17,23H,2-5,8-9,11H2,1H3,(H,21,24)(H,22,25);1H. The van der Waals surface area contributed by atoms with Gasteiger partial charge in [0.1, 0.15) is 5.82 Å². The second-order valence-electron chi connectivity index (χ2n) is 7.12. The molecule has 1 aromatic carbocycles.